The van der Waals surface area contributed by atoms with Crippen molar-refractivity contribution >= 4 is 5.97 Å². The molecule has 4 atom stereocenters. The summed E-state index contributed by atoms with van der Waals surface area (Å²) in [5.74, 6) is -0.0792. The Morgan fingerprint density at radius 1 is 1.57 bits per heavy atom. The van der Waals surface area contributed by atoms with E-state index in [0.717, 1.165) is 6.42 Å². The maximum Gasteiger partial charge on any atom is 0.312 e. The van der Waals surface area contributed by atoms with Crippen molar-refractivity contribution in [3.8, 4) is 0 Å². The number of carbonyl (C=O) groups excluding carboxylic acids is 1. The molecule has 0 radical (unpaired) electrons. The van der Waals surface area contributed by atoms with Crippen molar-refractivity contribution in [1.82, 2.24) is 0 Å². The molecule has 0 aromatic carbocycles. The van der Waals surface area contributed by atoms with Crippen LogP contribution in [0.25, 0.3) is 0 Å². The first kappa shape index (κ1) is 9.93. The molecule has 2 aliphatic heterocycles. The fourth-order valence-electron chi connectivity index (χ4n) is 2.32. The molecule has 2 aliphatic rings. The second-order valence-electron chi connectivity index (χ2n) is 3.81. The minimum absolute atomic E-state index is 0.0793. The Morgan fingerprint density at radius 3 is 3.07 bits per heavy atom. The average molecular weight is 200 g/mol. The molecule has 0 bridgehead atoms. The Hall–Kier alpha value is -0.610. The third-order valence-electron chi connectivity index (χ3n) is 2.96. The number of rotatable bonds is 2. The summed E-state index contributed by atoms with van der Waals surface area (Å²) in [6, 6.07) is 0. The van der Waals surface area contributed by atoms with E-state index in [2.05, 4.69) is 0 Å². The lowest BCUT2D eigenvalue weighted by Crippen LogP contribution is -2.29. The summed E-state index contributed by atoms with van der Waals surface area (Å²) in [6.07, 6.45) is 0.641. The molecule has 2 saturated heterocycles. The zero-order valence-corrected chi connectivity index (χ0v) is 8.56. The van der Waals surface area contributed by atoms with E-state index >= 15 is 0 Å². The van der Waals surface area contributed by atoms with Crippen LogP contribution in [-0.4, -0.2) is 31.6 Å². The van der Waals surface area contributed by atoms with Crippen LogP contribution < -0.4 is 0 Å². The largest absolute Gasteiger partial charge is 0.466 e. The molecule has 0 N–H and O–H groups in total. The Labute approximate surface area is 83.5 Å². The van der Waals surface area contributed by atoms with Gasteiger partial charge in [-0.25, -0.2) is 0 Å². The van der Waals surface area contributed by atoms with Crippen molar-refractivity contribution in [3.05, 3.63) is 0 Å². The number of hydrogen-bond donors (Lipinski definition) is 0. The lowest BCUT2D eigenvalue weighted by Gasteiger charge is -2.16. The molecule has 2 rings (SSSR count). The van der Waals surface area contributed by atoms with E-state index in [9.17, 15) is 4.79 Å². The fraction of sp³-hybridized carbons (Fsp3) is 0.900. The van der Waals surface area contributed by atoms with Crippen molar-refractivity contribution in [2.45, 2.75) is 32.7 Å². The monoisotopic (exact) mass is 200 g/mol. The maximum atomic E-state index is 11.6. The predicted molar refractivity (Wildman–Crippen MR) is 48.5 cm³/mol. The summed E-state index contributed by atoms with van der Waals surface area (Å²) in [6.45, 7) is 4.85. The molecule has 0 aliphatic carbocycles. The Balaban J connectivity index is 2.05. The molecule has 2 heterocycles. The van der Waals surface area contributed by atoms with E-state index in [-0.39, 0.29) is 30.2 Å². The summed E-state index contributed by atoms with van der Waals surface area (Å²) in [7, 11) is 0. The van der Waals surface area contributed by atoms with Gasteiger partial charge in [0.1, 0.15) is 0 Å². The molecule has 80 valence electrons. The van der Waals surface area contributed by atoms with Gasteiger partial charge in [-0.2, -0.15) is 0 Å². The van der Waals surface area contributed by atoms with Crippen LogP contribution in [0.1, 0.15) is 20.3 Å². The van der Waals surface area contributed by atoms with Crippen molar-refractivity contribution in [2.24, 2.45) is 11.8 Å². The van der Waals surface area contributed by atoms with E-state index < -0.39 is 0 Å². The van der Waals surface area contributed by atoms with Gasteiger partial charge in [0.25, 0.3) is 0 Å². The highest BCUT2D eigenvalue weighted by Gasteiger charge is 2.50. The fourth-order valence-corrected chi connectivity index (χ4v) is 2.32. The van der Waals surface area contributed by atoms with E-state index in [1.807, 2.05) is 13.8 Å². The molecule has 0 spiro atoms. The molecule has 0 saturated carbocycles. The van der Waals surface area contributed by atoms with Gasteiger partial charge in [-0.05, 0) is 20.3 Å². The molecular weight excluding hydrogens is 184 g/mol. The second-order valence-corrected chi connectivity index (χ2v) is 3.81. The van der Waals surface area contributed by atoms with Crippen LogP contribution in [-0.2, 0) is 19.0 Å². The first-order valence-corrected chi connectivity index (χ1v) is 5.17. The average Bonchev–Trinajstić information content (AvgIpc) is 2.63. The minimum atomic E-state index is -0.181. The van der Waals surface area contributed by atoms with E-state index in [4.69, 9.17) is 14.2 Å². The number of fused-ring (bicyclic) bond motifs is 1. The highest BCUT2D eigenvalue weighted by atomic mass is 16.7. The molecule has 14 heavy (non-hydrogen) atoms. The molecule has 2 fully saturated rings. The zero-order valence-electron chi connectivity index (χ0n) is 8.56. The first-order valence-electron chi connectivity index (χ1n) is 5.17. The standard InChI is InChI=1S/C10H16O4/c1-3-12-9(11)8-6(2)14-10-7(8)4-5-13-10/h6-8,10H,3-5H2,1-2H3/t6-,7-,8+,10-/m0/s1. The Kier molecular flexibility index (Phi) is 2.74. The smallest absolute Gasteiger partial charge is 0.312 e. The lowest BCUT2D eigenvalue weighted by atomic mass is 9.89. The summed E-state index contributed by atoms with van der Waals surface area (Å²) in [5, 5.41) is 0. The molecule has 0 aromatic heterocycles. The summed E-state index contributed by atoms with van der Waals surface area (Å²) < 4.78 is 15.9. The van der Waals surface area contributed by atoms with Gasteiger partial charge in [0, 0.05) is 5.92 Å². The lowest BCUT2D eigenvalue weighted by molar-refractivity contribution is -0.151. The zero-order chi connectivity index (χ0) is 10.1. The van der Waals surface area contributed by atoms with Crippen LogP contribution in [0.5, 0.6) is 0 Å². The van der Waals surface area contributed by atoms with Gasteiger partial charge in [0.15, 0.2) is 6.29 Å². The number of esters is 1. The summed E-state index contributed by atoms with van der Waals surface area (Å²) in [5.41, 5.74) is 0. The van der Waals surface area contributed by atoms with E-state index in [0.29, 0.717) is 13.2 Å². The van der Waals surface area contributed by atoms with E-state index in [1.165, 1.54) is 0 Å². The van der Waals surface area contributed by atoms with Gasteiger partial charge in [-0.1, -0.05) is 0 Å². The number of ether oxygens (including phenoxy) is 3. The van der Waals surface area contributed by atoms with Gasteiger partial charge < -0.3 is 14.2 Å². The number of hydrogen-bond acceptors (Lipinski definition) is 4. The number of carbonyl (C=O) groups is 1. The van der Waals surface area contributed by atoms with Crippen molar-refractivity contribution < 1.29 is 19.0 Å². The van der Waals surface area contributed by atoms with Crippen LogP contribution in [0, 0.1) is 11.8 Å². The first-order chi connectivity index (χ1) is 6.74. The molecule has 0 unspecified atom stereocenters. The Morgan fingerprint density at radius 2 is 2.36 bits per heavy atom. The van der Waals surface area contributed by atoms with Crippen molar-refractivity contribution in [3.63, 3.8) is 0 Å². The van der Waals surface area contributed by atoms with Crippen molar-refractivity contribution in [1.29, 1.82) is 0 Å². The SMILES string of the molecule is CCOC(=O)[C@H]1[C@@H]2CCO[C@H]2O[C@H]1C. The van der Waals surface area contributed by atoms with Gasteiger partial charge >= 0.3 is 5.97 Å². The summed E-state index contributed by atoms with van der Waals surface area (Å²) in [4.78, 5) is 11.6. The van der Waals surface area contributed by atoms with Crippen molar-refractivity contribution in [2.75, 3.05) is 13.2 Å². The third-order valence-corrected chi connectivity index (χ3v) is 2.96. The van der Waals surface area contributed by atoms with Gasteiger partial charge in [0.05, 0.1) is 25.2 Å². The predicted octanol–water partition coefficient (Wildman–Crippen LogP) is 0.947. The topological polar surface area (TPSA) is 44.8 Å². The van der Waals surface area contributed by atoms with Crippen LogP contribution >= 0.6 is 0 Å². The molecule has 0 amide bonds. The van der Waals surface area contributed by atoms with Gasteiger partial charge in [-0.3, -0.25) is 4.79 Å². The van der Waals surface area contributed by atoms with E-state index in [1.54, 1.807) is 0 Å². The third kappa shape index (κ3) is 1.53. The normalized spacial score (nSPS) is 41.0. The molecule has 0 aromatic rings. The van der Waals surface area contributed by atoms with Crippen LogP contribution in [0.2, 0.25) is 0 Å². The highest BCUT2D eigenvalue weighted by molar-refractivity contribution is 5.74. The van der Waals surface area contributed by atoms with Crippen LogP contribution in [0.15, 0.2) is 0 Å². The quantitative estimate of drug-likeness (QED) is 0.622. The van der Waals surface area contributed by atoms with Gasteiger partial charge in [-0.15, -0.1) is 0 Å². The van der Waals surface area contributed by atoms with Crippen LogP contribution in [0.3, 0.4) is 0 Å². The van der Waals surface area contributed by atoms with Crippen LogP contribution in [0.4, 0.5) is 0 Å². The molecule has 4 nitrogen and oxygen atoms in total. The highest BCUT2D eigenvalue weighted by Crippen LogP contribution is 2.40. The Bertz CT molecular complexity index is 228. The summed E-state index contributed by atoms with van der Waals surface area (Å²) >= 11 is 0. The second kappa shape index (κ2) is 3.87. The molecular formula is C10H16O4. The van der Waals surface area contributed by atoms with Gasteiger partial charge in [0.2, 0.25) is 0 Å². The molecule has 4 heteroatoms. The minimum Gasteiger partial charge on any atom is -0.466 e. The maximum absolute atomic E-state index is 11.6.